The Kier molecular flexibility index (Phi) is 13.9. The van der Waals surface area contributed by atoms with Crippen LogP contribution in [0.1, 0.15) is 43.2 Å². The predicted octanol–water partition coefficient (Wildman–Crippen LogP) is -0.562. The molecule has 0 aromatic heterocycles. The highest BCUT2D eigenvalue weighted by atomic mass is 16.4. The van der Waals surface area contributed by atoms with Crippen LogP contribution in [-0.4, -0.2) is 70.5 Å². The molecule has 42 heavy (non-hydrogen) atoms. The van der Waals surface area contributed by atoms with Crippen molar-refractivity contribution in [3.05, 3.63) is 65.7 Å². The maximum absolute atomic E-state index is 13.6. The molecule has 0 radical (unpaired) electrons. The standard InChI is InChI=1S/C29H40N6O7/c30-15-5-4-8-21(31)26(38)34-23(17-19-9-11-20(36)12-10-19)28(40)35-24(16-18-6-2-1-3-7-18)27(39)33-22(29(41)42)13-14-25(32)37/h1-3,6-7,9-12,21-24,36H,4-5,8,13-17,30-31H2,(H2,32,37)(H,33,39)(H,34,38)(H,35,40)(H,41,42). The van der Waals surface area contributed by atoms with Gasteiger partial charge in [0.25, 0.3) is 0 Å². The van der Waals surface area contributed by atoms with Gasteiger partial charge >= 0.3 is 5.97 Å². The monoisotopic (exact) mass is 584 g/mol. The van der Waals surface area contributed by atoms with E-state index in [2.05, 4.69) is 16.0 Å². The Balaban J connectivity index is 2.29. The molecule has 0 saturated heterocycles. The fourth-order valence-corrected chi connectivity index (χ4v) is 4.14. The van der Waals surface area contributed by atoms with Crippen LogP contribution in [0.3, 0.4) is 0 Å². The van der Waals surface area contributed by atoms with Crippen molar-refractivity contribution >= 4 is 29.6 Å². The first kappa shape index (κ1) is 33.7. The van der Waals surface area contributed by atoms with Crippen LogP contribution in [0.4, 0.5) is 0 Å². The molecule has 4 amide bonds. The highest BCUT2D eigenvalue weighted by Gasteiger charge is 2.31. The van der Waals surface area contributed by atoms with Crippen LogP contribution < -0.4 is 33.2 Å². The number of hydrogen-bond acceptors (Lipinski definition) is 8. The van der Waals surface area contributed by atoms with E-state index >= 15 is 0 Å². The predicted molar refractivity (Wildman–Crippen MR) is 155 cm³/mol. The third kappa shape index (κ3) is 11.9. The van der Waals surface area contributed by atoms with E-state index in [1.54, 1.807) is 42.5 Å². The summed E-state index contributed by atoms with van der Waals surface area (Å²) in [6.45, 7) is 0.455. The van der Waals surface area contributed by atoms with Gasteiger partial charge in [0.05, 0.1) is 6.04 Å². The van der Waals surface area contributed by atoms with Gasteiger partial charge in [-0.3, -0.25) is 19.2 Å². The molecular weight excluding hydrogens is 544 g/mol. The Labute approximate surface area is 244 Å². The van der Waals surface area contributed by atoms with Crippen LogP contribution in [0.15, 0.2) is 54.6 Å². The first-order valence-corrected chi connectivity index (χ1v) is 13.7. The van der Waals surface area contributed by atoms with Crippen molar-refractivity contribution in [3.8, 4) is 5.75 Å². The number of carbonyl (C=O) groups excluding carboxylic acids is 4. The highest BCUT2D eigenvalue weighted by Crippen LogP contribution is 2.13. The van der Waals surface area contributed by atoms with Gasteiger partial charge in [0.2, 0.25) is 23.6 Å². The molecule has 0 aliphatic rings. The summed E-state index contributed by atoms with van der Waals surface area (Å²) >= 11 is 0. The number of nitrogens with two attached hydrogens (primary N) is 3. The number of phenolic OH excluding ortho intramolecular Hbond substituents is 1. The normalized spacial score (nSPS) is 13.7. The smallest absolute Gasteiger partial charge is 0.326 e. The van der Waals surface area contributed by atoms with E-state index in [1.165, 1.54) is 12.1 Å². The molecule has 0 bridgehead atoms. The third-order valence-corrected chi connectivity index (χ3v) is 6.52. The fourth-order valence-electron chi connectivity index (χ4n) is 4.14. The van der Waals surface area contributed by atoms with E-state index in [-0.39, 0.29) is 31.4 Å². The molecule has 0 aliphatic carbocycles. The molecule has 228 valence electrons. The molecule has 0 aliphatic heterocycles. The van der Waals surface area contributed by atoms with Gasteiger partial charge in [0.15, 0.2) is 0 Å². The minimum atomic E-state index is -1.42. The van der Waals surface area contributed by atoms with E-state index in [4.69, 9.17) is 17.2 Å². The summed E-state index contributed by atoms with van der Waals surface area (Å²) in [5.41, 5.74) is 18.0. The van der Waals surface area contributed by atoms with Crippen molar-refractivity contribution in [2.45, 2.75) is 69.1 Å². The average Bonchev–Trinajstić information content (AvgIpc) is 2.95. The molecule has 2 aromatic rings. The lowest BCUT2D eigenvalue weighted by atomic mass is 10.0. The number of primary amides is 1. The summed E-state index contributed by atoms with van der Waals surface area (Å²) in [5, 5.41) is 26.9. The molecule has 2 aromatic carbocycles. The van der Waals surface area contributed by atoms with Crippen molar-refractivity contribution in [2.75, 3.05) is 6.54 Å². The molecule has 11 N–H and O–H groups in total. The summed E-state index contributed by atoms with van der Waals surface area (Å²) in [5.74, 6) is -4.13. The van der Waals surface area contributed by atoms with Gasteiger partial charge in [-0.25, -0.2) is 4.79 Å². The Morgan fingerprint density at radius 2 is 1.24 bits per heavy atom. The number of benzene rings is 2. The van der Waals surface area contributed by atoms with E-state index in [1.807, 2.05) is 0 Å². The van der Waals surface area contributed by atoms with Gasteiger partial charge in [0, 0.05) is 19.3 Å². The lowest BCUT2D eigenvalue weighted by molar-refractivity contribution is -0.142. The maximum atomic E-state index is 13.6. The zero-order valence-corrected chi connectivity index (χ0v) is 23.3. The molecule has 0 heterocycles. The van der Waals surface area contributed by atoms with Crippen LogP contribution >= 0.6 is 0 Å². The van der Waals surface area contributed by atoms with Gasteiger partial charge in [0.1, 0.15) is 23.9 Å². The molecule has 13 heteroatoms. The summed E-state index contributed by atoms with van der Waals surface area (Å²) < 4.78 is 0. The average molecular weight is 585 g/mol. The molecule has 13 nitrogen and oxygen atoms in total. The number of amides is 4. The van der Waals surface area contributed by atoms with Crippen LogP contribution in [0.5, 0.6) is 5.75 Å². The summed E-state index contributed by atoms with van der Waals surface area (Å²) in [6, 6.07) is 10.1. The molecule has 4 atom stereocenters. The Morgan fingerprint density at radius 3 is 1.76 bits per heavy atom. The van der Waals surface area contributed by atoms with Gasteiger partial charge in [-0.1, -0.05) is 48.9 Å². The van der Waals surface area contributed by atoms with E-state index in [9.17, 15) is 34.2 Å². The minimum absolute atomic E-state index is 0.0129. The number of nitrogens with one attached hydrogen (secondary N) is 3. The van der Waals surface area contributed by atoms with Crippen LogP contribution in [0, 0.1) is 0 Å². The number of phenols is 1. The number of carboxylic acids is 1. The van der Waals surface area contributed by atoms with Crippen molar-refractivity contribution < 1.29 is 34.2 Å². The maximum Gasteiger partial charge on any atom is 0.326 e. The third-order valence-electron chi connectivity index (χ3n) is 6.52. The second-order valence-corrected chi connectivity index (χ2v) is 9.98. The van der Waals surface area contributed by atoms with Crippen molar-refractivity contribution in [3.63, 3.8) is 0 Å². The van der Waals surface area contributed by atoms with Crippen LogP contribution in [0.2, 0.25) is 0 Å². The molecule has 0 spiro atoms. The van der Waals surface area contributed by atoms with Crippen molar-refractivity contribution in [1.82, 2.24) is 16.0 Å². The second kappa shape index (κ2) is 17.4. The van der Waals surface area contributed by atoms with E-state index in [0.29, 0.717) is 36.9 Å². The van der Waals surface area contributed by atoms with Crippen molar-refractivity contribution in [2.24, 2.45) is 17.2 Å². The minimum Gasteiger partial charge on any atom is -0.508 e. The molecule has 2 rings (SSSR count). The first-order chi connectivity index (χ1) is 20.0. The topological polar surface area (TPSA) is 240 Å². The number of hydrogen-bond donors (Lipinski definition) is 8. The number of unbranched alkanes of at least 4 members (excludes halogenated alkanes) is 1. The Bertz CT molecular complexity index is 1190. The van der Waals surface area contributed by atoms with Gasteiger partial charge in [-0.05, 0) is 49.1 Å². The largest absolute Gasteiger partial charge is 0.508 e. The number of carbonyl (C=O) groups is 5. The van der Waals surface area contributed by atoms with Crippen LogP contribution in [-0.2, 0) is 36.8 Å². The van der Waals surface area contributed by atoms with Gasteiger partial charge < -0.3 is 43.4 Å². The zero-order chi connectivity index (χ0) is 31.1. The number of carboxylic acid groups (broad SMARTS) is 1. The Hall–Kier alpha value is -4.49. The summed E-state index contributed by atoms with van der Waals surface area (Å²) in [6.07, 6.45) is 1.20. The van der Waals surface area contributed by atoms with Crippen molar-refractivity contribution in [1.29, 1.82) is 0 Å². The van der Waals surface area contributed by atoms with Gasteiger partial charge in [-0.15, -0.1) is 0 Å². The second-order valence-electron chi connectivity index (χ2n) is 9.98. The zero-order valence-electron chi connectivity index (χ0n) is 23.3. The molecule has 0 fully saturated rings. The number of rotatable bonds is 18. The molecular formula is C29H40N6O7. The van der Waals surface area contributed by atoms with Gasteiger partial charge in [-0.2, -0.15) is 0 Å². The summed E-state index contributed by atoms with van der Waals surface area (Å²) in [7, 11) is 0. The Morgan fingerprint density at radius 1 is 0.714 bits per heavy atom. The number of aliphatic carboxylic acids is 1. The summed E-state index contributed by atoms with van der Waals surface area (Å²) in [4.78, 5) is 62.7. The van der Waals surface area contributed by atoms with E-state index < -0.39 is 53.8 Å². The lowest BCUT2D eigenvalue weighted by Gasteiger charge is -2.25. The fraction of sp³-hybridized carbons (Fsp3) is 0.414. The SMILES string of the molecule is NCCCCC(N)C(=O)NC(Cc1ccc(O)cc1)C(=O)NC(Cc1ccccc1)C(=O)NC(CCC(N)=O)C(=O)O. The number of aromatic hydroxyl groups is 1. The van der Waals surface area contributed by atoms with E-state index in [0.717, 1.165) is 0 Å². The highest BCUT2D eigenvalue weighted by molar-refractivity contribution is 5.94. The molecule has 4 unspecified atom stereocenters. The lowest BCUT2D eigenvalue weighted by Crippen LogP contribution is -2.58. The van der Waals surface area contributed by atoms with Crippen LogP contribution in [0.25, 0.3) is 0 Å². The quantitative estimate of drug-likeness (QED) is 0.105. The first-order valence-electron chi connectivity index (χ1n) is 13.7. The molecule has 0 saturated carbocycles.